The predicted octanol–water partition coefficient (Wildman–Crippen LogP) is 2.56. The molecule has 0 saturated heterocycles. The summed E-state index contributed by atoms with van der Waals surface area (Å²) in [7, 11) is 0. The third-order valence-electron chi connectivity index (χ3n) is 4.05. The van der Waals surface area contributed by atoms with Crippen LogP contribution in [0.3, 0.4) is 0 Å². The van der Waals surface area contributed by atoms with E-state index in [0.717, 1.165) is 12.0 Å². The summed E-state index contributed by atoms with van der Waals surface area (Å²) in [6, 6.07) is 8.22. The number of ether oxygens (including phenoxy) is 3. The third kappa shape index (κ3) is 2.80. The minimum absolute atomic E-state index is 0.100. The number of carbonyl (C=O) groups is 1. The molecule has 2 aromatic rings. The number of fused-ring (bicyclic) bond motifs is 2. The van der Waals surface area contributed by atoms with Gasteiger partial charge in [0.05, 0.1) is 6.61 Å². The monoisotopic (exact) mass is 331 g/mol. The van der Waals surface area contributed by atoms with E-state index >= 15 is 0 Å². The first kappa shape index (κ1) is 14.5. The van der Waals surface area contributed by atoms with Gasteiger partial charge < -0.3 is 19.5 Å². The summed E-state index contributed by atoms with van der Waals surface area (Å²) in [4.78, 5) is 13.0. The molecule has 3 heterocycles. The highest BCUT2D eigenvalue weighted by atomic mass is 32.1. The Morgan fingerprint density at radius 1 is 1.22 bits per heavy atom. The average Bonchev–Trinajstić information content (AvgIpc) is 3.04. The average molecular weight is 331 g/mol. The lowest BCUT2D eigenvalue weighted by Crippen LogP contribution is -2.31. The summed E-state index contributed by atoms with van der Waals surface area (Å²) in [5.74, 6) is 1.07. The lowest BCUT2D eigenvalue weighted by Gasteiger charge is -2.26. The standard InChI is InChI=1S/C17H17NO4S/c19-17(16-15-14(10-23-16)21-7-8-22-15)18-9-13-12-4-2-1-3-11(12)5-6-20-13/h1-4,10,13H,5-9H2,(H,18,19)/t13-/m0/s1. The van der Waals surface area contributed by atoms with Crippen molar-refractivity contribution in [3.63, 3.8) is 0 Å². The van der Waals surface area contributed by atoms with Crippen molar-refractivity contribution in [2.24, 2.45) is 0 Å². The molecule has 0 spiro atoms. The van der Waals surface area contributed by atoms with Crippen molar-refractivity contribution in [1.29, 1.82) is 0 Å². The molecule has 1 aromatic heterocycles. The van der Waals surface area contributed by atoms with Gasteiger partial charge in [-0.3, -0.25) is 4.79 Å². The molecule has 6 heteroatoms. The fraction of sp³-hybridized carbons (Fsp3) is 0.353. The molecule has 2 aliphatic rings. The molecule has 1 aromatic carbocycles. The molecule has 0 unspecified atom stereocenters. The second-order valence-electron chi connectivity index (χ2n) is 5.47. The van der Waals surface area contributed by atoms with Crippen molar-refractivity contribution in [2.75, 3.05) is 26.4 Å². The Balaban J connectivity index is 1.46. The molecule has 0 bridgehead atoms. The molecule has 1 N–H and O–H groups in total. The van der Waals surface area contributed by atoms with Crippen molar-refractivity contribution in [2.45, 2.75) is 12.5 Å². The van der Waals surface area contributed by atoms with E-state index in [4.69, 9.17) is 14.2 Å². The third-order valence-corrected chi connectivity index (χ3v) is 4.99. The zero-order valence-electron chi connectivity index (χ0n) is 12.5. The van der Waals surface area contributed by atoms with Gasteiger partial charge in [0.25, 0.3) is 5.91 Å². The number of nitrogens with one attached hydrogen (secondary N) is 1. The van der Waals surface area contributed by atoms with Crippen LogP contribution >= 0.6 is 11.3 Å². The molecule has 1 atom stereocenters. The summed E-state index contributed by atoms with van der Waals surface area (Å²) in [6.07, 6.45) is 0.821. The number of amides is 1. The Bertz CT molecular complexity index is 727. The number of benzene rings is 1. The molecule has 4 rings (SSSR count). The highest BCUT2D eigenvalue weighted by molar-refractivity contribution is 7.12. The van der Waals surface area contributed by atoms with E-state index in [2.05, 4.69) is 17.4 Å². The van der Waals surface area contributed by atoms with Crippen LogP contribution in [0.15, 0.2) is 29.6 Å². The van der Waals surface area contributed by atoms with E-state index in [1.807, 2.05) is 17.5 Å². The maximum absolute atomic E-state index is 12.4. The van der Waals surface area contributed by atoms with Gasteiger partial charge in [-0.1, -0.05) is 24.3 Å². The minimum atomic E-state index is -0.145. The molecule has 23 heavy (non-hydrogen) atoms. The Labute approximate surface area is 138 Å². The lowest BCUT2D eigenvalue weighted by atomic mass is 9.97. The zero-order valence-corrected chi connectivity index (χ0v) is 13.4. The van der Waals surface area contributed by atoms with Crippen LogP contribution in [0, 0.1) is 0 Å². The van der Waals surface area contributed by atoms with Crippen LogP contribution in [0.4, 0.5) is 0 Å². The van der Waals surface area contributed by atoms with Crippen molar-refractivity contribution in [3.05, 3.63) is 45.6 Å². The van der Waals surface area contributed by atoms with Crippen LogP contribution in [0.25, 0.3) is 0 Å². The summed E-state index contributed by atoms with van der Waals surface area (Å²) in [5, 5.41) is 4.77. The van der Waals surface area contributed by atoms with Crippen molar-refractivity contribution < 1.29 is 19.0 Å². The molecule has 0 saturated carbocycles. The van der Waals surface area contributed by atoms with E-state index in [1.54, 1.807) is 0 Å². The Morgan fingerprint density at radius 2 is 2.09 bits per heavy atom. The van der Waals surface area contributed by atoms with Crippen LogP contribution in [0.1, 0.15) is 26.9 Å². The van der Waals surface area contributed by atoms with Crippen LogP contribution < -0.4 is 14.8 Å². The fourth-order valence-electron chi connectivity index (χ4n) is 2.93. The first-order chi connectivity index (χ1) is 11.3. The fourth-order valence-corrected chi connectivity index (χ4v) is 3.78. The van der Waals surface area contributed by atoms with Gasteiger partial charge >= 0.3 is 0 Å². The van der Waals surface area contributed by atoms with Crippen LogP contribution in [0.5, 0.6) is 11.5 Å². The second-order valence-corrected chi connectivity index (χ2v) is 6.35. The normalized spacial score (nSPS) is 19.0. The Hall–Kier alpha value is -2.05. The zero-order chi connectivity index (χ0) is 15.6. The minimum Gasteiger partial charge on any atom is -0.485 e. The van der Waals surface area contributed by atoms with Crippen molar-refractivity contribution >= 4 is 17.2 Å². The Kier molecular flexibility index (Phi) is 3.93. The van der Waals surface area contributed by atoms with E-state index < -0.39 is 0 Å². The summed E-state index contributed by atoms with van der Waals surface area (Å²) in [6.45, 7) is 2.13. The van der Waals surface area contributed by atoms with Crippen LogP contribution in [-0.4, -0.2) is 32.3 Å². The second kappa shape index (κ2) is 6.22. The summed E-state index contributed by atoms with van der Waals surface area (Å²) >= 11 is 1.34. The quantitative estimate of drug-likeness (QED) is 0.939. The molecule has 0 aliphatic carbocycles. The largest absolute Gasteiger partial charge is 0.485 e. The van der Waals surface area contributed by atoms with Crippen molar-refractivity contribution in [3.8, 4) is 11.5 Å². The first-order valence-corrected chi connectivity index (χ1v) is 8.55. The first-order valence-electron chi connectivity index (χ1n) is 7.67. The Morgan fingerprint density at radius 3 is 3.04 bits per heavy atom. The van der Waals surface area contributed by atoms with E-state index in [-0.39, 0.29) is 12.0 Å². The highest BCUT2D eigenvalue weighted by Crippen LogP contribution is 2.39. The summed E-state index contributed by atoms with van der Waals surface area (Å²) < 4.78 is 16.9. The molecule has 5 nitrogen and oxygen atoms in total. The summed E-state index contributed by atoms with van der Waals surface area (Å²) in [5.41, 5.74) is 2.45. The van der Waals surface area contributed by atoms with Gasteiger partial charge in [0.1, 0.15) is 24.2 Å². The SMILES string of the molecule is O=C(NC[C@@H]1OCCc2ccccc21)c1scc2c1OCCO2. The molecule has 0 radical (unpaired) electrons. The number of thiophene rings is 1. The van der Waals surface area contributed by atoms with Gasteiger partial charge in [-0.25, -0.2) is 0 Å². The molecule has 120 valence electrons. The molecule has 0 fully saturated rings. The number of hydrogen-bond donors (Lipinski definition) is 1. The maximum atomic E-state index is 12.4. The van der Waals surface area contributed by atoms with Gasteiger partial charge in [0, 0.05) is 11.9 Å². The van der Waals surface area contributed by atoms with E-state index in [9.17, 15) is 4.79 Å². The van der Waals surface area contributed by atoms with Gasteiger partial charge in [0.15, 0.2) is 11.5 Å². The predicted molar refractivity (Wildman–Crippen MR) is 86.5 cm³/mol. The maximum Gasteiger partial charge on any atom is 0.265 e. The van der Waals surface area contributed by atoms with E-state index in [1.165, 1.54) is 16.9 Å². The molecule has 2 aliphatic heterocycles. The van der Waals surface area contributed by atoms with E-state index in [0.29, 0.717) is 42.7 Å². The smallest absolute Gasteiger partial charge is 0.265 e. The molecule has 1 amide bonds. The number of hydrogen-bond acceptors (Lipinski definition) is 5. The van der Waals surface area contributed by atoms with Crippen molar-refractivity contribution in [1.82, 2.24) is 5.32 Å². The van der Waals surface area contributed by atoms with Gasteiger partial charge in [-0.2, -0.15) is 0 Å². The van der Waals surface area contributed by atoms with Gasteiger partial charge in [0.2, 0.25) is 0 Å². The van der Waals surface area contributed by atoms with Crippen LogP contribution in [-0.2, 0) is 11.2 Å². The number of carbonyl (C=O) groups excluding carboxylic acids is 1. The highest BCUT2D eigenvalue weighted by Gasteiger charge is 2.25. The topological polar surface area (TPSA) is 56.8 Å². The lowest BCUT2D eigenvalue weighted by molar-refractivity contribution is 0.0411. The molecular formula is C17H17NO4S. The van der Waals surface area contributed by atoms with Crippen LogP contribution in [0.2, 0.25) is 0 Å². The van der Waals surface area contributed by atoms with Gasteiger partial charge in [-0.15, -0.1) is 11.3 Å². The van der Waals surface area contributed by atoms with Gasteiger partial charge in [-0.05, 0) is 17.5 Å². The number of rotatable bonds is 3. The molecular weight excluding hydrogens is 314 g/mol.